The Morgan fingerprint density at radius 3 is 2.38 bits per heavy atom. The molecule has 2 N–H and O–H groups in total. The topological polar surface area (TPSA) is 57.5 Å². The number of phenolic OH excluding ortho intramolecular Hbond substituents is 1. The molecule has 0 heterocycles. The molecule has 21 heavy (non-hydrogen) atoms. The van der Waals surface area contributed by atoms with E-state index >= 15 is 0 Å². The van der Waals surface area contributed by atoms with Crippen molar-refractivity contribution >= 4 is 5.97 Å². The molecule has 0 bridgehead atoms. The molecule has 0 aliphatic carbocycles. The molecule has 0 unspecified atom stereocenters. The van der Waals surface area contributed by atoms with Gasteiger partial charge in [-0.15, -0.1) is 0 Å². The van der Waals surface area contributed by atoms with Crippen molar-refractivity contribution in [2.24, 2.45) is 0 Å². The third-order valence-electron chi connectivity index (χ3n) is 4.12. The van der Waals surface area contributed by atoms with Crippen LogP contribution in [-0.4, -0.2) is 16.2 Å². The molecule has 0 fully saturated rings. The molecular formula is C18H28O3. The van der Waals surface area contributed by atoms with Crippen LogP contribution in [0.1, 0.15) is 70.1 Å². The van der Waals surface area contributed by atoms with Crippen LogP contribution in [0.2, 0.25) is 0 Å². The van der Waals surface area contributed by atoms with E-state index in [0.29, 0.717) is 12.2 Å². The van der Waals surface area contributed by atoms with Crippen molar-refractivity contribution in [1.82, 2.24) is 0 Å². The number of carboxylic acid groups (broad SMARTS) is 1. The first-order valence-electron chi connectivity index (χ1n) is 7.88. The van der Waals surface area contributed by atoms with Gasteiger partial charge in [0.25, 0.3) is 0 Å². The van der Waals surface area contributed by atoms with Crippen molar-refractivity contribution in [3.05, 3.63) is 28.8 Å². The fraction of sp³-hybridized carbons (Fsp3) is 0.611. The summed E-state index contributed by atoms with van der Waals surface area (Å²) in [6, 6.07) is 3.68. The molecule has 1 rings (SSSR count). The predicted octanol–water partition coefficient (Wildman–Crippen LogP) is 4.44. The van der Waals surface area contributed by atoms with E-state index in [0.717, 1.165) is 29.5 Å². The Hall–Kier alpha value is -1.51. The second-order valence-electron chi connectivity index (χ2n) is 6.42. The molecule has 0 aromatic heterocycles. The van der Waals surface area contributed by atoms with Crippen molar-refractivity contribution in [1.29, 1.82) is 0 Å². The summed E-state index contributed by atoms with van der Waals surface area (Å²) in [4.78, 5) is 11.0. The van der Waals surface area contributed by atoms with Crippen LogP contribution < -0.4 is 0 Å². The first-order chi connectivity index (χ1) is 9.81. The highest BCUT2D eigenvalue weighted by molar-refractivity contribution is 5.70. The number of rotatable bonds is 8. The summed E-state index contributed by atoms with van der Waals surface area (Å²) in [5.41, 5.74) is 2.36. The van der Waals surface area contributed by atoms with E-state index in [4.69, 9.17) is 5.11 Å². The van der Waals surface area contributed by atoms with Crippen molar-refractivity contribution in [2.75, 3.05) is 0 Å². The zero-order chi connectivity index (χ0) is 16.0. The fourth-order valence-corrected chi connectivity index (χ4v) is 2.77. The van der Waals surface area contributed by atoms with E-state index in [-0.39, 0.29) is 11.8 Å². The number of aromatic hydroxyl groups is 1. The molecule has 118 valence electrons. The van der Waals surface area contributed by atoms with Crippen LogP contribution in [0.15, 0.2) is 12.1 Å². The van der Waals surface area contributed by atoms with Crippen molar-refractivity contribution in [2.45, 2.75) is 71.6 Å². The monoisotopic (exact) mass is 292 g/mol. The summed E-state index contributed by atoms with van der Waals surface area (Å²) in [5.74, 6) is -0.495. The van der Waals surface area contributed by atoms with Crippen LogP contribution in [0.25, 0.3) is 0 Å². The molecule has 0 atom stereocenters. The van der Waals surface area contributed by atoms with Crippen LogP contribution >= 0.6 is 0 Å². The Morgan fingerprint density at radius 2 is 1.86 bits per heavy atom. The normalized spacial score (nSPS) is 11.6. The molecular weight excluding hydrogens is 264 g/mol. The molecule has 0 spiro atoms. The van der Waals surface area contributed by atoms with Crippen molar-refractivity contribution in [3.8, 4) is 5.75 Å². The van der Waals surface area contributed by atoms with E-state index in [2.05, 4.69) is 20.8 Å². The lowest BCUT2D eigenvalue weighted by Crippen LogP contribution is -2.18. The van der Waals surface area contributed by atoms with Gasteiger partial charge in [0.2, 0.25) is 0 Å². The number of hydrogen-bond acceptors (Lipinski definition) is 2. The van der Waals surface area contributed by atoms with Crippen LogP contribution in [-0.2, 0) is 23.1 Å². The van der Waals surface area contributed by atoms with Gasteiger partial charge in [-0.3, -0.25) is 4.79 Å². The minimum atomic E-state index is -0.836. The first-order valence-corrected chi connectivity index (χ1v) is 7.88. The molecule has 1 aromatic rings. The van der Waals surface area contributed by atoms with Gasteiger partial charge in [-0.05, 0) is 29.4 Å². The van der Waals surface area contributed by atoms with Crippen LogP contribution in [0.5, 0.6) is 5.75 Å². The maximum atomic E-state index is 11.0. The second-order valence-corrected chi connectivity index (χ2v) is 6.42. The van der Waals surface area contributed by atoms with E-state index in [9.17, 15) is 9.90 Å². The van der Waals surface area contributed by atoms with Gasteiger partial charge in [0.15, 0.2) is 0 Å². The second kappa shape index (κ2) is 7.48. The van der Waals surface area contributed by atoms with Crippen molar-refractivity contribution < 1.29 is 15.0 Å². The Kier molecular flexibility index (Phi) is 6.25. The Labute approximate surface area is 128 Å². The number of carbonyl (C=O) groups is 1. The summed E-state index contributed by atoms with van der Waals surface area (Å²) in [5, 5.41) is 19.5. The molecule has 0 aliphatic heterocycles. The lowest BCUT2D eigenvalue weighted by Gasteiger charge is -2.28. The van der Waals surface area contributed by atoms with Gasteiger partial charge in [0.05, 0.1) is 6.42 Å². The third-order valence-corrected chi connectivity index (χ3v) is 4.12. The Morgan fingerprint density at radius 1 is 1.19 bits per heavy atom. The fourth-order valence-electron chi connectivity index (χ4n) is 2.77. The average molecular weight is 292 g/mol. The predicted molar refractivity (Wildman–Crippen MR) is 86.0 cm³/mol. The highest BCUT2D eigenvalue weighted by Crippen LogP contribution is 2.38. The largest absolute Gasteiger partial charge is 0.507 e. The van der Waals surface area contributed by atoms with Crippen molar-refractivity contribution in [3.63, 3.8) is 0 Å². The summed E-state index contributed by atoms with van der Waals surface area (Å²) in [6.07, 6.45) is 5.17. The highest BCUT2D eigenvalue weighted by Gasteiger charge is 2.25. The standard InChI is InChI=1S/C18H28O3/c1-5-7-8-9-18(3,4)15-11-13(12-16(19)20)10-14(6-2)17(15)21/h10-11,21H,5-9,12H2,1-4H3,(H,19,20). The lowest BCUT2D eigenvalue weighted by atomic mass is 9.77. The summed E-state index contributed by atoms with van der Waals surface area (Å²) < 4.78 is 0. The number of phenols is 1. The third kappa shape index (κ3) is 4.76. The van der Waals surface area contributed by atoms with Gasteiger partial charge >= 0.3 is 5.97 Å². The molecule has 0 amide bonds. The SMILES string of the molecule is CCCCCC(C)(C)c1cc(CC(=O)O)cc(CC)c1O. The highest BCUT2D eigenvalue weighted by atomic mass is 16.4. The summed E-state index contributed by atoms with van der Waals surface area (Å²) in [6.45, 7) is 8.41. The quantitative estimate of drug-likeness (QED) is 0.696. The Bertz CT molecular complexity index is 489. The van der Waals surface area contributed by atoms with Crippen LogP contribution in [0, 0.1) is 0 Å². The number of carboxylic acids is 1. The lowest BCUT2D eigenvalue weighted by molar-refractivity contribution is -0.136. The zero-order valence-electron chi connectivity index (χ0n) is 13.7. The first kappa shape index (κ1) is 17.5. The van der Waals surface area contributed by atoms with Crippen LogP contribution in [0.3, 0.4) is 0 Å². The molecule has 1 aromatic carbocycles. The minimum Gasteiger partial charge on any atom is -0.507 e. The van der Waals surface area contributed by atoms with E-state index < -0.39 is 5.97 Å². The Balaban J connectivity index is 3.16. The molecule has 3 heteroatoms. The zero-order valence-corrected chi connectivity index (χ0v) is 13.7. The molecule has 0 saturated carbocycles. The number of aliphatic carboxylic acids is 1. The van der Waals surface area contributed by atoms with E-state index in [1.807, 2.05) is 19.1 Å². The van der Waals surface area contributed by atoms with Gasteiger partial charge in [-0.2, -0.15) is 0 Å². The number of aryl methyl sites for hydroxylation is 1. The van der Waals surface area contributed by atoms with Gasteiger partial charge in [-0.1, -0.05) is 59.1 Å². The van der Waals surface area contributed by atoms with Gasteiger partial charge < -0.3 is 10.2 Å². The smallest absolute Gasteiger partial charge is 0.307 e. The molecule has 3 nitrogen and oxygen atoms in total. The number of hydrogen-bond donors (Lipinski definition) is 2. The molecule has 0 radical (unpaired) electrons. The minimum absolute atomic E-state index is 0.00528. The number of benzene rings is 1. The van der Waals surface area contributed by atoms with Gasteiger partial charge in [0, 0.05) is 5.56 Å². The molecule has 0 aliphatic rings. The summed E-state index contributed by atoms with van der Waals surface area (Å²) >= 11 is 0. The van der Waals surface area contributed by atoms with Gasteiger partial charge in [-0.25, -0.2) is 0 Å². The van der Waals surface area contributed by atoms with E-state index in [1.165, 1.54) is 12.8 Å². The molecule has 0 saturated heterocycles. The number of unbranched alkanes of at least 4 members (excludes halogenated alkanes) is 2. The van der Waals surface area contributed by atoms with Crippen LogP contribution in [0.4, 0.5) is 0 Å². The summed E-state index contributed by atoms with van der Waals surface area (Å²) in [7, 11) is 0. The maximum Gasteiger partial charge on any atom is 0.307 e. The average Bonchev–Trinajstić information content (AvgIpc) is 2.40. The maximum absolute atomic E-state index is 11.0. The van der Waals surface area contributed by atoms with Gasteiger partial charge in [0.1, 0.15) is 5.75 Å². The van der Waals surface area contributed by atoms with E-state index in [1.54, 1.807) is 0 Å².